The third-order valence-corrected chi connectivity index (χ3v) is 2.42. The molecule has 0 aromatic heterocycles. The van der Waals surface area contributed by atoms with E-state index < -0.39 is 4.92 Å². The summed E-state index contributed by atoms with van der Waals surface area (Å²) in [7, 11) is 1.55. The lowest BCUT2D eigenvalue weighted by Crippen LogP contribution is -1.98. The second-order valence-corrected chi connectivity index (χ2v) is 3.53. The van der Waals surface area contributed by atoms with Crippen LogP contribution in [0, 0.1) is 16.2 Å². The number of nitro groups is 1. The maximum Gasteiger partial charge on any atom is 0.293 e. The monoisotopic (exact) mass is 243 g/mol. The molecule has 0 spiro atoms. The zero-order valence-corrected chi connectivity index (χ0v) is 9.71. The number of nitro benzene ring substituents is 1. The summed E-state index contributed by atoms with van der Waals surface area (Å²) in [6.45, 7) is 0. The van der Waals surface area contributed by atoms with Crippen molar-refractivity contribution in [3.63, 3.8) is 0 Å². The highest BCUT2D eigenvalue weighted by Crippen LogP contribution is 2.31. The minimum atomic E-state index is -0.450. The number of hydrogen-bond acceptors (Lipinski definition) is 4. The summed E-state index contributed by atoms with van der Waals surface area (Å²) in [6, 6.07) is 14.5. The second-order valence-electron chi connectivity index (χ2n) is 3.53. The summed E-state index contributed by atoms with van der Waals surface area (Å²) in [5.74, 6) is 0.625. The third-order valence-electron chi connectivity index (χ3n) is 2.42. The Hall–Kier alpha value is -2.56. The molecule has 5 heteroatoms. The van der Waals surface area contributed by atoms with Crippen molar-refractivity contribution in [3.8, 4) is 5.75 Å². The maximum atomic E-state index is 10.9. The number of hydrogen-bond donors (Lipinski definition) is 1. The van der Waals surface area contributed by atoms with Crippen LogP contribution in [0.2, 0.25) is 0 Å². The first-order valence-electron chi connectivity index (χ1n) is 5.27. The van der Waals surface area contributed by atoms with E-state index in [9.17, 15) is 10.1 Å². The first kappa shape index (κ1) is 11.9. The third kappa shape index (κ3) is 2.40. The van der Waals surface area contributed by atoms with Gasteiger partial charge in [0.1, 0.15) is 11.4 Å². The lowest BCUT2D eigenvalue weighted by Gasteiger charge is -2.10. The maximum absolute atomic E-state index is 10.9. The van der Waals surface area contributed by atoms with E-state index in [2.05, 4.69) is 11.4 Å². The number of ether oxygens (including phenoxy) is 1. The molecule has 91 valence electrons. The Morgan fingerprint density at radius 1 is 1.28 bits per heavy atom. The predicted molar refractivity (Wildman–Crippen MR) is 68.2 cm³/mol. The zero-order valence-electron chi connectivity index (χ0n) is 9.71. The lowest BCUT2D eigenvalue weighted by molar-refractivity contribution is -0.383. The van der Waals surface area contributed by atoms with E-state index >= 15 is 0 Å². The Balaban J connectivity index is 2.37. The summed E-state index contributed by atoms with van der Waals surface area (Å²) in [5, 5.41) is 13.9. The molecule has 0 fully saturated rings. The average molecular weight is 243 g/mol. The number of nitrogens with one attached hydrogen (secondary N) is 1. The summed E-state index contributed by atoms with van der Waals surface area (Å²) < 4.78 is 5.18. The number of anilines is 2. The van der Waals surface area contributed by atoms with E-state index in [1.807, 2.05) is 12.1 Å². The summed E-state index contributed by atoms with van der Waals surface area (Å²) in [6.07, 6.45) is 0. The van der Waals surface area contributed by atoms with Crippen LogP contribution < -0.4 is 10.1 Å². The lowest BCUT2D eigenvalue weighted by atomic mass is 10.2. The predicted octanol–water partition coefficient (Wildman–Crippen LogP) is 3.15. The van der Waals surface area contributed by atoms with Crippen LogP contribution in [0.5, 0.6) is 5.75 Å². The van der Waals surface area contributed by atoms with Gasteiger partial charge in [0.05, 0.1) is 17.7 Å². The van der Waals surface area contributed by atoms with Gasteiger partial charge in [-0.15, -0.1) is 0 Å². The van der Waals surface area contributed by atoms with Crippen molar-refractivity contribution in [2.24, 2.45) is 0 Å². The molecule has 0 unspecified atom stereocenters. The smallest absolute Gasteiger partial charge is 0.293 e. The Morgan fingerprint density at radius 2 is 2.06 bits per heavy atom. The standard InChI is InChI=1S/C13H11N2O3/c1-18-13-9-5-3-7-11(13)14-10-6-2-4-8-12(10)15(16)17/h2-3,5-9,14H,1H3. The second kappa shape index (κ2) is 5.18. The van der Waals surface area contributed by atoms with E-state index in [4.69, 9.17) is 4.74 Å². The van der Waals surface area contributed by atoms with Gasteiger partial charge in [0, 0.05) is 6.07 Å². The van der Waals surface area contributed by atoms with Gasteiger partial charge in [-0.2, -0.15) is 0 Å². The Kier molecular flexibility index (Phi) is 3.43. The van der Waals surface area contributed by atoms with Crippen LogP contribution >= 0.6 is 0 Å². The highest BCUT2D eigenvalue weighted by atomic mass is 16.6. The number of methoxy groups -OCH3 is 1. The van der Waals surface area contributed by atoms with E-state index in [0.29, 0.717) is 17.1 Å². The fourth-order valence-electron chi connectivity index (χ4n) is 1.57. The van der Waals surface area contributed by atoms with E-state index in [0.717, 1.165) is 0 Å². The molecule has 0 saturated heterocycles. The SMILES string of the molecule is COc1ccccc1Nc1cc[c]cc1[N+](=O)[O-]. The number of para-hydroxylation sites is 2. The van der Waals surface area contributed by atoms with Crippen LogP contribution in [0.1, 0.15) is 0 Å². The summed E-state index contributed by atoms with van der Waals surface area (Å²) >= 11 is 0. The molecule has 0 bridgehead atoms. The van der Waals surface area contributed by atoms with Gasteiger partial charge in [0.25, 0.3) is 5.69 Å². The van der Waals surface area contributed by atoms with Gasteiger partial charge in [0.2, 0.25) is 0 Å². The molecule has 18 heavy (non-hydrogen) atoms. The average Bonchev–Trinajstić information content (AvgIpc) is 2.40. The van der Waals surface area contributed by atoms with Crippen LogP contribution in [0.25, 0.3) is 0 Å². The molecule has 2 aromatic rings. The summed E-state index contributed by atoms with van der Waals surface area (Å²) in [5.41, 5.74) is 1.06. The molecule has 2 rings (SSSR count). The Bertz CT molecular complexity index is 570. The minimum absolute atomic E-state index is 0.0246. The molecular weight excluding hydrogens is 232 g/mol. The highest BCUT2D eigenvalue weighted by Gasteiger charge is 2.13. The van der Waals surface area contributed by atoms with Crippen LogP contribution in [0.15, 0.2) is 42.5 Å². The van der Waals surface area contributed by atoms with Crippen LogP contribution in [-0.2, 0) is 0 Å². The normalized spacial score (nSPS) is 9.83. The molecule has 1 N–H and O–H groups in total. The number of benzene rings is 2. The van der Waals surface area contributed by atoms with Gasteiger partial charge in [-0.25, -0.2) is 0 Å². The van der Waals surface area contributed by atoms with Crippen molar-refractivity contribution < 1.29 is 9.66 Å². The first-order valence-corrected chi connectivity index (χ1v) is 5.27. The molecule has 0 atom stereocenters. The topological polar surface area (TPSA) is 64.4 Å². The van der Waals surface area contributed by atoms with Crippen molar-refractivity contribution in [1.29, 1.82) is 0 Å². The van der Waals surface area contributed by atoms with Gasteiger partial charge in [-0.05, 0) is 24.3 Å². The molecule has 0 aliphatic heterocycles. The molecule has 0 amide bonds. The molecule has 5 nitrogen and oxygen atoms in total. The van der Waals surface area contributed by atoms with Crippen molar-refractivity contribution in [3.05, 3.63) is 58.6 Å². The molecule has 2 aromatic carbocycles. The molecule has 0 saturated carbocycles. The van der Waals surface area contributed by atoms with Gasteiger partial charge in [-0.1, -0.05) is 18.2 Å². The van der Waals surface area contributed by atoms with Gasteiger partial charge >= 0.3 is 0 Å². The Labute approximate surface area is 104 Å². The summed E-state index contributed by atoms with van der Waals surface area (Å²) in [4.78, 5) is 10.4. The van der Waals surface area contributed by atoms with E-state index in [1.54, 1.807) is 31.4 Å². The minimum Gasteiger partial charge on any atom is -0.495 e. The first-order chi connectivity index (χ1) is 8.72. The van der Waals surface area contributed by atoms with Crippen molar-refractivity contribution in [2.75, 3.05) is 12.4 Å². The van der Waals surface area contributed by atoms with Crippen LogP contribution in [0.3, 0.4) is 0 Å². The highest BCUT2D eigenvalue weighted by molar-refractivity contribution is 5.72. The van der Waals surface area contributed by atoms with E-state index in [1.165, 1.54) is 6.07 Å². The molecule has 0 aliphatic carbocycles. The molecule has 0 heterocycles. The number of rotatable bonds is 4. The largest absolute Gasteiger partial charge is 0.495 e. The fraction of sp³-hybridized carbons (Fsp3) is 0.0769. The Morgan fingerprint density at radius 3 is 2.78 bits per heavy atom. The fourth-order valence-corrected chi connectivity index (χ4v) is 1.57. The van der Waals surface area contributed by atoms with Crippen molar-refractivity contribution in [1.82, 2.24) is 0 Å². The van der Waals surface area contributed by atoms with Crippen LogP contribution in [-0.4, -0.2) is 12.0 Å². The zero-order chi connectivity index (χ0) is 13.0. The molecular formula is C13H11N2O3. The van der Waals surface area contributed by atoms with Gasteiger partial charge in [-0.3, -0.25) is 10.1 Å². The molecule has 0 aliphatic rings. The molecule has 1 radical (unpaired) electrons. The van der Waals surface area contributed by atoms with Crippen molar-refractivity contribution in [2.45, 2.75) is 0 Å². The quantitative estimate of drug-likeness (QED) is 0.661. The number of nitrogens with zero attached hydrogens (tertiary/aromatic N) is 1. The van der Waals surface area contributed by atoms with Crippen molar-refractivity contribution >= 4 is 17.1 Å². The van der Waals surface area contributed by atoms with E-state index in [-0.39, 0.29) is 5.69 Å². The van der Waals surface area contributed by atoms with Crippen LogP contribution in [0.4, 0.5) is 17.1 Å². The van der Waals surface area contributed by atoms with Gasteiger partial charge < -0.3 is 10.1 Å². The van der Waals surface area contributed by atoms with Gasteiger partial charge in [0.15, 0.2) is 0 Å².